The van der Waals surface area contributed by atoms with Gasteiger partial charge in [0.05, 0.1) is 23.8 Å². The second-order valence-electron chi connectivity index (χ2n) is 8.20. The van der Waals surface area contributed by atoms with Crippen LogP contribution in [-0.4, -0.2) is 58.7 Å². The van der Waals surface area contributed by atoms with Crippen LogP contribution in [0.3, 0.4) is 0 Å². The number of aromatic nitrogens is 2. The highest BCUT2D eigenvalue weighted by atomic mass is 32.2. The number of amides is 1. The topological polar surface area (TPSA) is 68.9 Å². The summed E-state index contributed by atoms with van der Waals surface area (Å²) in [6.07, 6.45) is 5.57. The maximum absolute atomic E-state index is 12.8. The lowest BCUT2D eigenvalue weighted by molar-refractivity contribution is -0.113. The quantitative estimate of drug-likeness (QED) is 0.371. The number of amidine groups is 1. The van der Waals surface area contributed by atoms with Crippen molar-refractivity contribution >= 4 is 28.9 Å². The Bertz CT molecular complexity index is 1310. The molecule has 3 aromatic rings. The van der Waals surface area contributed by atoms with E-state index in [9.17, 15) is 4.79 Å². The maximum atomic E-state index is 12.8. The van der Waals surface area contributed by atoms with Crippen LogP contribution < -0.4 is 4.74 Å². The third kappa shape index (κ3) is 5.08. The molecule has 0 N–H and O–H groups in total. The van der Waals surface area contributed by atoms with Crippen LogP contribution in [0.15, 0.2) is 77.3 Å². The van der Waals surface area contributed by atoms with E-state index in [-0.39, 0.29) is 5.91 Å². The molecule has 7 nitrogen and oxygen atoms in total. The van der Waals surface area contributed by atoms with Crippen molar-refractivity contribution in [3.05, 3.63) is 83.4 Å². The summed E-state index contributed by atoms with van der Waals surface area (Å²) in [5.74, 6) is 0.584. The van der Waals surface area contributed by atoms with Crippen molar-refractivity contribution in [2.75, 3.05) is 32.9 Å². The molecule has 5 rings (SSSR count). The summed E-state index contributed by atoms with van der Waals surface area (Å²) >= 11 is 1.41. The van der Waals surface area contributed by atoms with Gasteiger partial charge in [0.25, 0.3) is 5.91 Å². The lowest BCUT2D eigenvalue weighted by Crippen LogP contribution is -2.38. The number of aliphatic imine (C=N–C) groups is 1. The van der Waals surface area contributed by atoms with Crippen molar-refractivity contribution in [2.45, 2.75) is 6.92 Å². The van der Waals surface area contributed by atoms with E-state index in [0.29, 0.717) is 24.7 Å². The molecule has 3 heterocycles. The third-order valence-electron chi connectivity index (χ3n) is 5.75. The first-order valence-corrected chi connectivity index (χ1v) is 12.3. The van der Waals surface area contributed by atoms with Crippen molar-refractivity contribution < 1.29 is 14.3 Å². The van der Waals surface area contributed by atoms with Crippen molar-refractivity contribution in [3.8, 4) is 22.7 Å². The molecule has 0 radical (unpaired) electrons. The normalized spacial score (nSPS) is 17.1. The van der Waals surface area contributed by atoms with E-state index in [1.165, 1.54) is 11.8 Å². The lowest BCUT2D eigenvalue weighted by atomic mass is 10.0. The summed E-state index contributed by atoms with van der Waals surface area (Å²) in [7, 11) is 0. The molecule has 1 amide bonds. The van der Waals surface area contributed by atoms with Gasteiger partial charge in [0.2, 0.25) is 0 Å². The predicted molar refractivity (Wildman–Crippen MR) is 140 cm³/mol. The number of para-hydroxylation sites is 1. The van der Waals surface area contributed by atoms with E-state index in [2.05, 4.69) is 22.5 Å². The van der Waals surface area contributed by atoms with Crippen LogP contribution in [0.5, 0.6) is 5.75 Å². The van der Waals surface area contributed by atoms with Gasteiger partial charge in [-0.2, -0.15) is 10.1 Å². The Morgan fingerprint density at radius 1 is 1.17 bits per heavy atom. The molecule has 0 aliphatic carbocycles. The lowest BCUT2D eigenvalue weighted by Gasteiger charge is -2.27. The minimum Gasteiger partial charge on any atom is -0.489 e. The van der Waals surface area contributed by atoms with E-state index in [0.717, 1.165) is 52.1 Å². The van der Waals surface area contributed by atoms with Crippen LogP contribution >= 0.6 is 11.8 Å². The zero-order valence-corrected chi connectivity index (χ0v) is 20.3. The van der Waals surface area contributed by atoms with Crippen molar-refractivity contribution in [1.29, 1.82) is 0 Å². The Hall–Kier alpha value is -3.62. The highest BCUT2D eigenvalue weighted by molar-refractivity contribution is 8.18. The second-order valence-corrected chi connectivity index (χ2v) is 9.21. The van der Waals surface area contributed by atoms with E-state index < -0.39 is 0 Å². The molecule has 0 spiro atoms. The highest BCUT2D eigenvalue weighted by Gasteiger charge is 2.28. The van der Waals surface area contributed by atoms with E-state index in [4.69, 9.17) is 14.6 Å². The Kier molecular flexibility index (Phi) is 6.83. The third-order valence-corrected chi connectivity index (χ3v) is 6.79. The van der Waals surface area contributed by atoms with Gasteiger partial charge in [-0.25, -0.2) is 4.68 Å². The van der Waals surface area contributed by atoms with Gasteiger partial charge >= 0.3 is 0 Å². The number of benzene rings is 2. The number of hydrogen-bond acceptors (Lipinski definition) is 6. The Balaban J connectivity index is 1.51. The van der Waals surface area contributed by atoms with Gasteiger partial charge in [-0.3, -0.25) is 4.79 Å². The van der Waals surface area contributed by atoms with Gasteiger partial charge in [-0.15, -0.1) is 0 Å². The van der Waals surface area contributed by atoms with Gasteiger partial charge in [-0.1, -0.05) is 30.9 Å². The molecule has 0 bridgehead atoms. The molecule has 2 aliphatic heterocycles. The molecule has 1 aromatic heterocycles. The minimum absolute atomic E-state index is 0.223. The SMILES string of the molecule is C=CCOc1ccc(-c2nn(-c3ccccc3)cc2/C=C2/SC(N3CCOCC3)=NC2=O)cc1C. The highest BCUT2D eigenvalue weighted by Crippen LogP contribution is 2.34. The predicted octanol–water partition coefficient (Wildman–Crippen LogP) is 4.72. The Morgan fingerprint density at radius 3 is 2.71 bits per heavy atom. The molecule has 178 valence electrons. The van der Waals surface area contributed by atoms with Crippen molar-refractivity contribution in [3.63, 3.8) is 0 Å². The molecule has 1 fully saturated rings. The zero-order valence-electron chi connectivity index (χ0n) is 19.5. The molecule has 2 aromatic carbocycles. The molecule has 2 aliphatic rings. The number of carbonyl (C=O) groups is 1. The number of morpholine rings is 1. The maximum Gasteiger partial charge on any atom is 0.286 e. The number of nitrogens with zero attached hydrogens (tertiary/aromatic N) is 4. The first-order valence-electron chi connectivity index (χ1n) is 11.5. The van der Waals surface area contributed by atoms with Crippen LogP contribution in [0.4, 0.5) is 0 Å². The van der Waals surface area contributed by atoms with E-state index in [1.54, 1.807) is 6.08 Å². The minimum atomic E-state index is -0.223. The molecule has 8 heteroatoms. The molecule has 0 saturated carbocycles. The zero-order chi connectivity index (χ0) is 24.2. The number of thioether (sulfide) groups is 1. The molecular weight excluding hydrogens is 460 g/mol. The van der Waals surface area contributed by atoms with Crippen LogP contribution in [0.25, 0.3) is 23.0 Å². The Labute approximate surface area is 208 Å². The molecule has 35 heavy (non-hydrogen) atoms. The van der Waals surface area contributed by atoms with Crippen molar-refractivity contribution in [2.24, 2.45) is 4.99 Å². The van der Waals surface area contributed by atoms with E-state index in [1.807, 2.05) is 66.3 Å². The molecular formula is C27H26N4O3S. The average molecular weight is 487 g/mol. The molecule has 0 unspecified atom stereocenters. The van der Waals surface area contributed by atoms with E-state index >= 15 is 0 Å². The number of rotatable bonds is 6. The Morgan fingerprint density at radius 2 is 1.97 bits per heavy atom. The average Bonchev–Trinajstić information content (AvgIpc) is 3.48. The summed E-state index contributed by atoms with van der Waals surface area (Å²) in [5.41, 5.74) is 4.52. The van der Waals surface area contributed by atoms with Gasteiger partial charge in [0.1, 0.15) is 18.1 Å². The first-order chi connectivity index (χ1) is 17.1. The van der Waals surface area contributed by atoms with Gasteiger partial charge in [-0.05, 0) is 60.7 Å². The number of aryl methyl sites for hydroxylation is 1. The monoisotopic (exact) mass is 486 g/mol. The fourth-order valence-electron chi connectivity index (χ4n) is 3.97. The largest absolute Gasteiger partial charge is 0.489 e. The second kappa shape index (κ2) is 10.3. The van der Waals surface area contributed by atoms with Gasteiger partial charge in [0, 0.05) is 30.4 Å². The summed E-state index contributed by atoms with van der Waals surface area (Å²) in [6, 6.07) is 15.9. The van der Waals surface area contributed by atoms with Crippen LogP contribution in [-0.2, 0) is 9.53 Å². The van der Waals surface area contributed by atoms with Crippen molar-refractivity contribution in [1.82, 2.24) is 14.7 Å². The van der Waals surface area contributed by atoms with Crippen LogP contribution in [0.1, 0.15) is 11.1 Å². The number of hydrogen-bond donors (Lipinski definition) is 0. The van der Waals surface area contributed by atoms with Gasteiger partial charge < -0.3 is 14.4 Å². The fourth-order valence-corrected chi connectivity index (χ4v) is 4.92. The summed E-state index contributed by atoms with van der Waals surface area (Å²) < 4.78 is 13.0. The molecule has 1 saturated heterocycles. The van der Waals surface area contributed by atoms with Crippen LogP contribution in [0.2, 0.25) is 0 Å². The summed E-state index contributed by atoms with van der Waals surface area (Å²) in [6.45, 7) is 8.94. The van der Waals surface area contributed by atoms with Gasteiger partial charge in [0.15, 0.2) is 5.17 Å². The van der Waals surface area contributed by atoms with Crippen LogP contribution in [0, 0.1) is 6.92 Å². The standard InChI is InChI=1S/C27H26N4O3S/c1-3-13-34-23-10-9-20(16-19(23)2)25-21(18-31(29-25)22-7-5-4-6-8-22)17-24-26(32)28-27(35-24)30-11-14-33-15-12-30/h3-10,16-18H,1,11-15H2,2H3/b24-17+. The first kappa shape index (κ1) is 23.1. The fraction of sp³-hybridized carbons (Fsp3) is 0.222. The number of ether oxygens (including phenoxy) is 2. The summed E-state index contributed by atoms with van der Waals surface area (Å²) in [4.78, 5) is 19.8. The number of carbonyl (C=O) groups excluding carboxylic acids is 1. The smallest absolute Gasteiger partial charge is 0.286 e. The molecule has 0 atom stereocenters. The summed E-state index contributed by atoms with van der Waals surface area (Å²) in [5, 5.41) is 5.63.